The van der Waals surface area contributed by atoms with E-state index in [1.807, 2.05) is 0 Å². The van der Waals surface area contributed by atoms with Crippen LogP contribution in [-0.2, 0) is 39.1 Å². The summed E-state index contributed by atoms with van der Waals surface area (Å²) in [6.07, 6.45) is 26.9. The van der Waals surface area contributed by atoms with Crippen LogP contribution in [0.25, 0.3) is 0 Å². The largest absolute Gasteiger partial charge is 0.509 e. The van der Waals surface area contributed by atoms with Crippen molar-refractivity contribution in [2.45, 2.75) is 134 Å². The van der Waals surface area contributed by atoms with Gasteiger partial charge in [-0.15, -0.1) is 0 Å². The third-order valence-corrected chi connectivity index (χ3v) is 21.9. The smallest absolute Gasteiger partial charge is 0.339 e. The lowest BCUT2D eigenvalue weighted by Gasteiger charge is -2.73. The number of carbonyl (C=O) groups is 2. The molecule has 16 aliphatic rings. The van der Waals surface area contributed by atoms with Gasteiger partial charge in [0.1, 0.15) is 11.2 Å². The lowest BCUT2D eigenvalue weighted by Crippen LogP contribution is -2.78. The number of hydrogen-bond donors (Lipinski definition) is 2. The molecule has 15 atom stereocenters. The fourth-order valence-corrected chi connectivity index (χ4v) is 19.8. The summed E-state index contributed by atoms with van der Waals surface area (Å²) in [5.74, 6) is 2.97. The van der Waals surface area contributed by atoms with Gasteiger partial charge in [-0.3, -0.25) is 9.69 Å². The van der Waals surface area contributed by atoms with Gasteiger partial charge in [0.15, 0.2) is 11.4 Å². The van der Waals surface area contributed by atoms with Crippen LogP contribution in [0.5, 0.6) is 0 Å². The van der Waals surface area contributed by atoms with Gasteiger partial charge in [-0.25, -0.2) is 4.79 Å². The summed E-state index contributed by atoms with van der Waals surface area (Å²) in [6, 6.07) is 16.3. The van der Waals surface area contributed by atoms with Crippen molar-refractivity contribution in [3.05, 3.63) is 129 Å². The minimum Gasteiger partial charge on any atom is -0.509 e. The number of esters is 2. The summed E-state index contributed by atoms with van der Waals surface area (Å²) in [7, 11) is 0. The molecule has 8 heteroatoms. The monoisotopic (exact) mass is 926 g/mol. The summed E-state index contributed by atoms with van der Waals surface area (Å²) in [5, 5.41) is 13.5. The normalized spacial score (nSPS) is 42.9. The summed E-state index contributed by atoms with van der Waals surface area (Å²) in [5.41, 5.74) is 14.0. The Kier molecular flexibility index (Phi) is 9.24. The lowest BCUT2D eigenvalue weighted by molar-refractivity contribution is -0.282. The van der Waals surface area contributed by atoms with Crippen LogP contribution < -0.4 is 5.73 Å². The van der Waals surface area contributed by atoms with Crippen LogP contribution in [0.3, 0.4) is 0 Å². The highest BCUT2D eigenvalue weighted by atomic mass is 16.6. The van der Waals surface area contributed by atoms with Gasteiger partial charge in [-0.1, -0.05) is 111 Å². The summed E-state index contributed by atoms with van der Waals surface area (Å²) >= 11 is 0. The Balaban J connectivity index is 1.04. The van der Waals surface area contributed by atoms with E-state index in [2.05, 4.69) is 83.5 Å². The Morgan fingerprint density at radius 3 is 2.67 bits per heavy atom. The van der Waals surface area contributed by atoms with Crippen LogP contribution in [0.4, 0.5) is 0 Å². The number of benzene rings is 2. The van der Waals surface area contributed by atoms with Gasteiger partial charge in [0.25, 0.3) is 0 Å². The SMILES string of the molecule is CC1CC2=C3C4C5=C6C7C=CC(CCc8cccc(c8)CC7C14)CC1C64C(=O)OC(=C(O)CC(CC6CCCCC6)N6CC7CC(C6)C(C=C2)N3C7)C4(CC5)C12OC(=O)c1c(CCCN)cccc12. The fourth-order valence-electron chi connectivity index (χ4n) is 19.8. The molecular weight excluding hydrogens is 855 g/mol. The highest BCUT2D eigenvalue weighted by Gasteiger charge is 2.94. The van der Waals surface area contributed by atoms with E-state index in [9.17, 15) is 5.11 Å². The van der Waals surface area contributed by atoms with Crippen molar-refractivity contribution >= 4 is 11.9 Å². The maximum Gasteiger partial charge on any atom is 0.339 e. The number of allylic oxidation sites excluding steroid dienone is 5. The molecule has 9 aliphatic heterocycles. The second-order valence-electron chi connectivity index (χ2n) is 24.9. The van der Waals surface area contributed by atoms with Crippen molar-refractivity contribution in [1.29, 1.82) is 0 Å². The van der Waals surface area contributed by atoms with Gasteiger partial charge < -0.3 is 25.2 Å². The molecule has 5 fully saturated rings. The predicted octanol–water partition coefficient (Wildman–Crippen LogP) is 10.4. The number of aliphatic hydroxyl groups excluding tert-OH is 1. The molecule has 18 rings (SSSR count). The Morgan fingerprint density at radius 2 is 1.78 bits per heavy atom. The van der Waals surface area contributed by atoms with Crippen LogP contribution in [0.15, 0.2) is 101 Å². The molecule has 3 N–H and O–H groups in total. The molecule has 9 heterocycles. The zero-order chi connectivity index (χ0) is 46.1. The molecule has 2 saturated carbocycles. The summed E-state index contributed by atoms with van der Waals surface area (Å²) in [6.45, 7) is 6.22. The van der Waals surface area contributed by atoms with Gasteiger partial charge in [-0.2, -0.15) is 0 Å². The average Bonchev–Trinajstić information content (AvgIpc) is 3.80. The fraction of sp³-hybridized carbons (Fsp3) is 0.607. The summed E-state index contributed by atoms with van der Waals surface area (Å²) < 4.78 is 14.5. The molecule has 0 aromatic heterocycles. The maximum absolute atomic E-state index is 16.5. The highest BCUT2D eigenvalue weighted by Crippen LogP contribution is 2.88. The molecule has 2 aromatic rings. The van der Waals surface area contributed by atoms with Crippen molar-refractivity contribution in [3.8, 4) is 0 Å². The molecule has 0 amide bonds. The van der Waals surface area contributed by atoms with Crippen molar-refractivity contribution in [2.24, 2.45) is 75.7 Å². The van der Waals surface area contributed by atoms with E-state index < -0.39 is 16.4 Å². The zero-order valence-electron chi connectivity index (χ0n) is 40.7. The van der Waals surface area contributed by atoms with Crippen LogP contribution >= 0.6 is 0 Å². The lowest BCUT2D eigenvalue weighted by atomic mass is 9.27. The standard InChI is InChI=1S/C61H71N3O5/c1-34-24-41-18-20-48-42-26-39-31-63(33-42)43(27-35-8-3-2-4-9-35)30-49(65)56-59-22-21-45-53(55(41)64(48)32-39)51(34)46-28-38-11-5-10-36(25-38)15-16-37-17-19-44(46)54(45)60(59,58(67)68-56)50(29-37)61(59)47-14-6-12-40(13-7-23-62)52(47)57(66)69-61/h5-6,10-12,14,17-20,25,34-35,37,39,42-44,46,48,50-51,53,65H,2-4,7-9,13,15-16,21-24,26-33,62H2,1H3. The van der Waals surface area contributed by atoms with E-state index in [0.717, 1.165) is 75.7 Å². The van der Waals surface area contributed by atoms with Crippen LogP contribution in [0, 0.1) is 70.0 Å². The van der Waals surface area contributed by atoms with Gasteiger partial charge in [0, 0.05) is 61.1 Å². The number of fused-ring (bicyclic) bond motifs is 7. The molecule has 7 aliphatic carbocycles. The molecule has 2 aromatic carbocycles. The number of aliphatic hydroxyl groups is 1. The number of carbonyl (C=O) groups excluding carboxylic acids is 2. The minimum atomic E-state index is -1.18. The van der Waals surface area contributed by atoms with Crippen LogP contribution in [0.2, 0.25) is 0 Å². The minimum absolute atomic E-state index is 0.00845. The number of ether oxygens (including phenoxy) is 2. The van der Waals surface area contributed by atoms with Gasteiger partial charge in [0.05, 0.1) is 17.0 Å². The second kappa shape index (κ2) is 15.1. The Bertz CT molecular complexity index is 2740. The topological polar surface area (TPSA) is 105 Å². The third-order valence-electron chi connectivity index (χ3n) is 21.9. The first-order chi connectivity index (χ1) is 33.7. The molecule has 3 saturated heterocycles. The molecule has 3 spiro atoms. The Hall–Kier alpha value is -4.40. The number of hydrogen-bond acceptors (Lipinski definition) is 8. The number of piperidine rings is 2. The molecular formula is C61H71N3O5. The van der Waals surface area contributed by atoms with Gasteiger partial charge in [0.2, 0.25) is 0 Å². The average molecular weight is 926 g/mol. The first kappa shape index (κ1) is 42.3. The number of aryl methyl sites for hydroxylation is 2. The first-order valence-electron chi connectivity index (χ1n) is 27.9. The number of rotatable bonds is 5. The van der Waals surface area contributed by atoms with Crippen LogP contribution in [0.1, 0.15) is 129 Å². The maximum atomic E-state index is 16.5. The van der Waals surface area contributed by atoms with Crippen molar-refractivity contribution in [2.75, 3.05) is 26.2 Å². The van der Waals surface area contributed by atoms with Gasteiger partial charge in [-0.05, 0) is 146 Å². The van der Waals surface area contributed by atoms with Crippen molar-refractivity contribution in [3.63, 3.8) is 0 Å². The quantitative estimate of drug-likeness (QED) is 0.226. The first-order valence-corrected chi connectivity index (χ1v) is 27.9. The molecule has 16 bridgehead atoms. The molecule has 360 valence electrons. The van der Waals surface area contributed by atoms with Crippen molar-refractivity contribution in [1.82, 2.24) is 9.80 Å². The van der Waals surface area contributed by atoms with E-state index in [1.54, 1.807) is 5.70 Å². The molecule has 8 nitrogen and oxygen atoms in total. The van der Waals surface area contributed by atoms with Crippen molar-refractivity contribution < 1.29 is 24.2 Å². The molecule has 15 unspecified atom stereocenters. The van der Waals surface area contributed by atoms with E-state index in [1.165, 1.54) is 66.4 Å². The second-order valence-corrected chi connectivity index (χ2v) is 24.9. The summed E-state index contributed by atoms with van der Waals surface area (Å²) in [4.78, 5) is 37.4. The molecule has 0 radical (unpaired) electrons. The Morgan fingerprint density at radius 1 is 0.913 bits per heavy atom. The highest BCUT2D eigenvalue weighted by molar-refractivity contribution is 6.00. The molecule has 69 heavy (non-hydrogen) atoms. The third kappa shape index (κ3) is 5.39. The zero-order valence-corrected chi connectivity index (χ0v) is 40.7. The van der Waals surface area contributed by atoms with Gasteiger partial charge >= 0.3 is 11.9 Å². The number of nitrogens with two attached hydrogens (primary N) is 1. The van der Waals surface area contributed by atoms with E-state index in [0.29, 0.717) is 79.2 Å². The number of nitrogens with zero attached hydrogens (tertiary/aromatic N) is 2. The predicted molar refractivity (Wildman–Crippen MR) is 264 cm³/mol. The van der Waals surface area contributed by atoms with Crippen LogP contribution in [-0.4, -0.2) is 65.1 Å². The van der Waals surface area contributed by atoms with E-state index in [-0.39, 0.29) is 53.3 Å². The van der Waals surface area contributed by atoms with E-state index in [4.69, 9.17) is 15.2 Å². The van der Waals surface area contributed by atoms with E-state index >= 15 is 9.59 Å². The Labute approximate surface area is 408 Å².